The quantitative estimate of drug-likeness (QED) is 0.836. The molecule has 2 atom stereocenters. The summed E-state index contributed by atoms with van der Waals surface area (Å²) < 4.78 is 13.7. The van der Waals surface area contributed by atoms with E-state index in [0.29, 0.717) is 18.6 Å². The SMILES string of the molecule is c1ccc(COC[C@@H]2CN([C@H]3CCOC3)Cc3ccnn3C2)nc1. The molecule has 1 fully saturated rings. The molecule has 0 aromatic carbocycles. The van der Waals surface area contributed by atoms with Crippen molar-refractivity contribution in [2.75, 3.05) is 26.4 Å². The van der Waals surface area contributed by atoms with Gasteiger partial charge in [0.1, 0.15) is 0 Å². The van der Waals surface area contributed by atoms with Crippen LogP contribution in [0.15, 0.2) is 36.7 Å². The van der Waals surface area contributed by atoms with Crippen molar-refractivity contribution in [1.29, 1.82) is 0 Å². The molecule has 0 unspecified atom stereocenters. The van der Waals surface area contributed by atoms with E-state index in [0.717, 1.165) is 51.6 Å². The average Bonchev–Trinajstić information content (AvgIpc) is 3.25. The number of pyridine rings is 1. The highest BCUT2D eigenvalue weighted by Gasteiger charge is 2.29. The summed E-state index contributed by atoms with van der Waals surface area (Å²) in [6, 6.07) is 8.57. The Morgan fingerprint density at radius 2 is 2.21 bits per heavy atom. The summed E-state index contributed by atoms with van der Waals surface area (Å²) in [5.74, 6) is 0.426. The molecule has 2 aromatic heterocycles. The lowest BCUT2D eigenvalue weighted by Crippen LogP contribution is -2.38. The van der Waals surface area contributed by atoms with Crippen molar-refractivity contribution >= 4 is 0 Å². The molecule has 6 heteroatoms. The molecule has 0 N–H and O–H groups in total. The standard InChI is InChI=1S/C18H24N4O2/c1-2-6-19-16(3-1)13-24-12-15-9-21(18-5-8-23-14-18)11-17-4-7-20-22(17)10-15/h1-4,6-7,15,18H,5,8-14H2/t15-,18+/m1/s1. The minimum Gasteiger partial charge on any atom is -0.380 e. The Balaban J connectivity index is 1.39. The van der Waals surface area contributed by atoms with E-state index < -0.39 is 0 Å². The molecule has 24 heavy (non-hydrogen) atoms. The Labute approximate surface area is 142 Å². The van der Waals surface area contributed by atoms with Crippen LogP contribution in [-0.4, -0.2) is 52.1 Å². The fourth-order valence-electron chi connectivity index (χ4n) is 3.57. The normalized spacial score (nSPS) is 24.7. The van der Waals surface area contributed by atoms with Gasteiger partial charge in [0.05, 0.1) is 31.2 Å². The van der Waals surface area contributed by atoms with Gasteiger partial charge in [-0.2, -0.15) is 5.10 Å². The summed E-state index contributed by atoms with van der Waals surface area (Å²) in [5.41, 5.74) is 2.26. The Kier molecular flexibility index (Phi) is 4.87. The van der Waals surface area contributed by atoms with Gasteiger partial charge in [0.15, 0.2) is 0 Å². The molecule has 0 bridgehead atoms. The zero-order valence-electron chi connectivity index (χ0n) is 13.9. The summed E-state index contributed by atoms with van der Waals surface area (Å²) in [4.78, 5) is 6.86. The van der Waals surface area contributed by atoms with Crippen molar-refractivity contribution in [1.82, 2.24) is 19.7 Å². The van der Waals surface area contributed by atoms with Crippen LogP contribution in [0.5, 0.6) is 0 Å². The van der Waals surface area contributed by atoms with Gasteiger partial charge in [-0.3, -0.25) is 14.6 Å². The average molecular weight is 328 g/mol. The van der Waals surface area contributed by atoms with Crippen molar-refractivity contribution in [2.45, 2.75) is 32.2 Å². The monoisotopic (exact) mass is 328 g/mol. The van der Waals surface area contributed by atoms with Crippen molar-refractivity contribution < 1.29 is 9.47 Å². The molecule has 4 rings (SSSR count). The Hall–Kier alpha value is -1.76. The number of hydrogen-bond acceptors (Lipinski definition) is 5. The van der Waals surface area contributed by atoms with E-state index in [1.54, 1.807) is 0 Å². The number of aromatic nitrogens is 3. The maximum absolute atomic E-state index is 5.96. The first kappa shape index (κ1) is 15.7. The van der Waals surface area contributed by atoms with Crippen LogP contribution < -0.4 is 0 Å². The molecule has 0 radical (unpaired) electrons. The molecule has 0 saturated carbocycles. The van der Waals surface area contributed by atoms with Gasteiger partial charge in [-0.1, -0.05) is 6.07 Å². The third-order valence-electron chi connectivity index (χ3n) is 4.85. The molecule has 4 heterocycles. The Morgan fingerprint density at radius 1 is 1.21 bits per heavy atom. The lowest BCUT2D eigenvalue weighted by molar-refractivity contribution is 0.0546. The third-order valence-corrected chi connectivity index (χ3v) is 4.85. The van der Waals surface area contributed by atoms with Crippen molar-refractivity contribution in [3.8, 4) is 0 Å². The lowest BCUT2D eigenvalue weighted by Gasteiger charge is -2.28. The van der Waals surface area contributed by atoms with Gasteiger partial charge in [-0.15, -0.1) is 0 Å². The number of hydrogen-bond donors (Lipinski definition) is 0. The van der Waals surface area contributed by atoms with Gasteiger partial charge < -0.3 is 9.47 Å². The van der Waals surface area contributed by atoms with Gasteiger partial charge >= 0.3 is 0 Å². The first-order valence-corrected chi connectivity index (χ1v) is 8.68. The molecule has 128 valence electrons. The maximum atomic E-state index is 5.96. The van der Waals surface area contributed by atoms with Crippen LogP contribution in [-0.2, 0) is 29.2 Å². The molecule has 2 aliphatic rings. The number of rotatable bonds is 5. The van der Waals surface area contributed by atoms with Crippen LogP contribution in [0.3, 0.4) is 0 Å². The summed E-state index contributed by atoms with van der Waals surface area (Å²) in [5, 5.41) is 4.49. The summed E-state index contributed by atoms with van der Waals surface area (Å²) >= 11 is 0. The van der Waals surface area contributed by atoms with E-state index in [1.807, 2.05) is 30.6 Å². The van der Waals surface area contributed by atoms with Gasteiger partial charge in [0.2, 0.25) is 0 Å². The maximum Gasteiger partial charge on any atom is 0.0887 e. The molecule has 2 aliphatic heterocycles. The topological polar surface area (TPSA) is 52.4 Å². The second-order valence-corrected chi connectivity index (χ2v) is 6.65. The molecule has 6 nitrogen and oxygen atoms in total. The minimum absolute atomic E-state index is 0.426. The zero-order chi connectivity index (χ0) is 16.2. The highest BCUT2D eigenvalue weighted by atomic mass is 16.5. The molecule has 0 amide bonds. The fourth-order valence-corrected chi connectivity index (χ4v) is 3.57. The number of fused-ring (bicyclic) bond motifs is 1. The minimum atomic E-state index is 0.426. The zero-order valence-corrected chi connectivity index (χ0v) is 13.9. The molecular weight excluding hydrogens is 304 g/mol. The number of ether oxygens (including phenoxy) is 2. The van der Waals surface area contributed by atoms with Gasteiger partial charge in [0.25, 0.3) is 0 Å². The van der Waals surface area contributed by atoms with E-state index in [-0.39, 0.29) is 0 Å². The lowest BCUT2D eigenvalue weighted by atomic mass is 10.1. The number of nitrogens with zero attached hydrogens (tertiary/aromatic N) is 4. The van der Waals surface area contributed by atoms with Crippen LogP contribution >= 0.6 is 0 Å². The largest absolute Gasteiger partial charge is 0.380 e. The van der Waals surface area contributed by atoms with E-state index in [4.69, 9.17) is 9.47 Å². The van der Waals surface area contributed by atoms with Gasteiger partial charge in [0, 0.05) is 50.6 Å². The fraction of sp³-hybridized carbons (Fsp3) is 0.556. The van der Waals surface area contributed by atoms with E-state index in [9.17, 15) is 0 Å². The summed E-state index contributed by atoms with van der Waals surface area (Å²) in [7, 11) is 0. The third kappa shape index (κ3) is 3.66. The van der Waals surface area contributed by atoms with Crippen molar-refractivity contribution in [3.05, 3.63) is 48.0 Å². The van der Waals surface area contributed by atoms with Gasteiger partial charge in [-0.05, 0) is 24.6 Å². The smallest absolute Gasteiger partial charge is 0.0887 e. The predicted octanol–water partition coefficient (Wildman–Crippen LogP) is 1.72. The second-order valence-electron chi connectivity index (χ2n) is 6.65. The van der Waals surface area contributed by atoms with E-state index in [1.165, 1.54) is 5.69 Å². The van der Waals surface area contributed by atoms with Crippen molar-refractivity contribution in [3.63, 3.8) is 0 Å². The molecular formula is C18H24N4O2. The van der Waals surface area contributed by atoms with Gasteiger partial charge in [-0.25, -0.2) is 0 Å². The first-order valence-electron chi connectivity index (χ1n) is 8.68. The first-order chi connectivity index (χ1) is 11.9. The highest BCUT2D eigenvalue weighted by Crippen LogP contribution is 2.22. The molecule has 0 aliphatic carbocycles. The second kappa shape index (κ2) is 7.42. The summed E-state index contributed by atoms with van der Waals surface area (Å²) in [6.07, 6.45) is 4.83. The van der Waals surface area contributed by atoms with E-state index in [2.05, 4.69) is 25.7 Å². The van der Waals surface area contributed by atoms with Crippen LogP contribution in [0, 0.1) is 5.92 Å². The van der Waals surface area contributed by atoms with Crippen LogP contribution in [0.4, 0.5) is 0 Å². The van der Waals surface area contributed by atoms with Crippen LogP contribution in [0.25, 0.3) is 0 Å². The Morgan fingerprint density at radius 3 is 3.04 bits per heavy atom. The van der Waals surface area contributed by atoms with Crippen LogP contribution in [0.1, 0.15) is 17.8 Å². The highest BCUT2D eigenvalue weighted by molar-refractivity contribution is 5.04. The Bertz CT molecular complexity index is 639. The molecule has 2 aromatic rings. The summed E-state index contributed by atoms with van der Waals surface area (Å²) in [6.45, 7) is 5.89. The molecule has 1 saturated heterocycles. The van der Waals surface area contributed by atoms with Crippen LogP contribution in [0.2, 0.25) is 0 Å². The predicted molar refractivity (Wildman–Crippen MR) is 89.2 cm³/mol. The van der Waals surface area contributed by atoms with Crippen molar-refractivity contribution in [2.24, 2.45) is 5.92 Å². The molecule has 0 spiro atoms. The van der Waals surface area contributed by atoms with E-state index >= 15 is 0 Å².